The van der Waals surface area contributed by atoms with Crippen LogP contribution in [-0.2, 0) is 14.3 Å². The van der Waals surface area contributed by atoms with E-state index in [2.05, 4.69) is 36.5 Å². The van der Waals surface area contributed by atoms with Crippen molar-refractivity contribution >= 4 is 5.91 Å². The first-order chi connectivity index (χ1) is 16.8. The number of aliphatic hydroxyl groups is 5. The average Bonchev–Trinajstić information content (AvgIpc) is 2.86. The molecule has 35 heavy (non-hydrogen) atoms. The van der Waals surface area contributed by atoms with Crippen LogP contribution < -0.4 is 5.32 Å². The molecule has 1 rings (SSSR count). The van der Waals surface area contributed by atoms with Gasteiger partial charge in [-0.1, -0.05) is 63.1 Å². The van der Waals surface area contributed by atoms with Gasteiger partial charge in [0.05, 0.1) is 25.4 Å². The molecule has 6 N–H and O–H groups in total. The van der Waals surface area contributed by atoms with Crippen molar-refractivity contribution in [2.24, 2.45) is 0 Å². The van der Waals surface area contributed by atoms with Crippen LogP contribution in [0.25, 0.3) is 0 Å². The van der Waals surface area contributed by atoms with Crippen molar-refractivity contribution in [2.75, 3.05) is 13.2 Å². The normalized spacial score (nSPS) is 27.1. The van der Waals surface area contributed by atoms with E-state index in [1.54, 1.807) is 13.0 Å². The lowest BCUT2D eigenvalue weighted by Gasteiger charge is -2.40. The Hall–Kier alpha value is -1.59. The van der Waals surface area contributed by atoms with Crippen LogP contribution in [0.3, 0.4) is 0 Å². The molecule has 9 heteroatoms. The summed E-state index contributed by atoms with van der Waals surface area (Å²) < 4.78 is 10.8. The number of hydrogen-bond acceptors (Lipinski definition) is 8. The molecule has 9 nitrogen and oxygen atoms in total. The van der Waals surface area contributed by atoms with Crippen LogP contribution in [-0.4, -0.2) is 87.5 Å². The van der Waals surface area contributed by atoms with Gasteiger partial charge in [-0.25, -0.2) is 0 Å². The first-order valence-corrected chi connectivity index (χ1v) is 12.7. The number of carbonyl (C=O) groups excluding carboxylic acids is 1. The Bertz CT molecular complexity index is 651. The largest absolute Gasteiger partial charge is 0.394 e. The van der Waals surface area contributed by atoms with Gasteiger partial charge in [0.15, 0.2) is 6.29 Å². The van der Waals surface area contributed by atoms with Crippen molar-refractivity contribution in [3.63, 3.8) is 0 Å². The van der Waals surface area contributed by atoms with Gasteiger partial charge in [-0.3, -0.25) is 4.79 Å². The maximum Gasteiger partial charge on any atom is 0.220 e. The Kier molecular flexibility index (Phi) is 16.8. The third-order valence-corrected chi connectivity index (χ3v) is 5.76. The van der Waals surface area contributed by atoms with Crippen LogP contribution in [0, 0.1) is 0 Å². The zero-order valence-corrected chi connectivity index (χ0v) is 21.0. The van der Waals surface area contributed by atoms with Crippen molar-refractivity contribution < 1.29 is 39.8 Å². The molecule has 7 atom stereocenters. The molecule has 1 fully saturated rings. The molecule has 0 aliphatic carbocycles. The van der Waals surface area contributed by atoms with Crippen LogP contribution in [0.5, 0.6) is 0 Å². The maximum atomic E-state index is 11.9. The number of rotatable bonds is 17. The summed E-state index contributed by atoms with van der Waals surface area (Å²) in [5.41, 5.74) is 0. The topological polar surface area (TPSA) is 149 Å². The quantitative estimate of drug-likeness (QED) is 0.130. The summed E-state index contributed by atoms with van der Waals surface area (Å²) in [7, 11) is 0. The Labute approximate surface area is 209 Å². The lowest BCUT2D eigenvalue weighted by Crippen LogP contribution is -2.60. The highest BCUT2D eigenvalue weighted by Gasteiger charge is 2.44. The monoisotopic (exact) mass is 499 g/mol. The van der Waals surface area contributed by atoms with Crippen molar-refractivity contribution in [2.45, 2.75) is 108 Å². The van der Waals surface area contributed by atoms with E-state index in [0.717, 1.165) is 32.1 Å². The maximum absolute atomic E-state index is 11.9. The first kappa shape index (κ1) is 31.4. The molecule has 7 unspecified atom stereocenters. The van der Waals surface area contributed by atoms with Gasteiger partial charge in [-0.15, -0.1) is 0 Å². The number of unbranched alkanes of at least 4 members (excludes halogenated alkanes) is 4. The van der Waals surface area contributed by atoms with Gasteiger partial charge < -0.3 is 40.3 Å². The van der Waals surface area contributed by atoms with E-state index in [1.807, 2.05) is 6.08 Å². The molecule has 1 heterocycles. The molecule has 1 aliphatic heterocycles. The van der Waals surface area contributed by atoms with Crippen molar-refractivity contribution in [3.8, 4) is 0 Å². The average molecular weight is 500 g/mol. The van der Waals surface area contributed by atoms with E-state index >= 15 is 0 Å². The van der Waals surface area contributed by atoms with Crippen LogP contribution in [0.4, 0.5) is 0 Å². The van der Waals surface area contributed by atoms with Crippen LogP contribution >= 0.6 is 0 Å². The summed E-state index contributed by atoms with van der Waals surface area (Å²) >= 11 is 0. The number of hydrogen-bond donors (Lipinski definition) is 6. The SMILES string of the molecule is CCCC/C=C/CC/C=C/CC/C=C/C(O)C(COC1OC(CO)C(O)C(O)C1O)NC(=O)CC. The molecular weight excluding hydrogens is 454 g/mol. The highest BCUT2D eigenvalue weighted by atomic mass is 16.7. The van der Waals surface area contributed by atoms with E-state index < -0.39 is 49.5 Å². The van der Waals surface area contributed by atoms with Crippen LogP contribution in [0.2, 0.25) is 0 Å². The molecule has 0 saturated carbocycles. The van der Waals surface area contributed by atoms with E-state index in [-0.39, 0.29) is 18.9 Å². The lowest BCUT2D eigenvalue weighted by molar-refractivity contribution is -0.302. The van der Waals surface area contributed by atoms with Gasteiger partial charge in [0.25, 0.3) is 0 Å². The summed E-state index contributed by atoms with van der Waals surface area (Å²) in [5, 5.41) is 52.4. The second-order valence-electron chi connectivity index (χ2n) is 8.72. The molecule has 1 saturated heterocycles. The predicted molar refractivity (Wildman–Crippen MR) is 133 cm³/mol. The van der Waals surface area contributed by atoms with E-state index in [0.29, 0.717) is 0 Å². The summed E-state index contributed by atoms with van der Waals surface area (Å²) in [4.78, 5) is 11.9. The molecular formula is C26H45NO8. The first-order valence-electron chi connectivity index (χ1n) is 12.7. The Morgan fingerprint density at radius 3 is 2.11 bits per heavy atom. The zero-order chi connectivity index (χ0) is 26.1. The fourth-order valence-electron chi connectivity index (χ4n) is 3.49. The minimum atomic E-state index is -1.57. The molecule has 0 aromatic carbocycles. The number of ether oxygens (including phenoxy) is 2. The molecule has 0 aromatic rings. The van der Waals surface area contributed by atoms with Gasteiger partial charge in [-0.2, -0.15) is 0 Å². The highest BCUT2D eigenvalue weighted by molar-refractivity contribution is 5.75. The van der Waals surface area contributed by atoms with E-state index in [4.69, 9.17) is 9.47 Å². The summed E-state index contributed by atoms with van der Waals surface area (Å²) in [5.74, 6) is -0.286. The third-order valence-electron chi connectivity index (χ3n) is 5.76. The second kappa shape index (κ2) is 18.6. The van der Waals surface area contributed by atoms with Crippen molar-refractivity contribution in [1.29, 1.82) is 0 Å². The minimum Gasteiger partial charge on any atom is -0.394 e. The minimum absolute atomic E-state index is 0.214. The van der Waals surface area contributed by atoms with E-state index in [9.17, 15) is 30.3 Å². The fraction of sp³-hybridized carbons (Fsp3) is 0.731. The van der Waals surface area contributed by atoms with Crippen molar-refractivity contribution in [3.05, 3.63) is 36.5 Å². The smallest absolute Gasteiger partial charge is 0.220 e. The van der Waals surface area contributed by atoms with Crippen molar-refractivity contribution in [1.82, 2.24) is 5.32 Å². The molecule has 0 spiro atoms. The summed E-state index contributed by atoms with van der Waals surface area (Å²) in [6.45, 7) is 3.08. The molecule has 202 valence electrons. The van der Waals surface area contributed by atoms with Gasteiger partial charge in [-0.05, 0) is 32.1 Å². The number of nitrogens with one attached hydrogen (secondary N) is 1. The third kappa shape index (κ3) is 12.3. The fourth-order valence-corrected chi connectivity index (χ4v) is 3.49. The van der Waals surface area contributed by atoms with Gasteiger partial charge in [0.1, 0.15) is 24.4 Å². The predicted octanol–water partition coefficient (Wildman–Crippen LogP) is 1.48. The Balaban J connectivity index is 2.50. The molecule has 0 bridgehead atoms. The standard InChI is InChI=1S/C26H45NO8/c1-3-5-6-7-8-9-10-11-12-13-14-15-16-20(29)19(27-22(30)4-2)18-34-26-25(33)24(32)23(31)21(17-28)35-26/h7-8,11-12,15-16,19-21,23-26,28-29,31-33H,3-6,9-10,13-14,17-18H2,1-2H3,(H,27,30)/b8-7+,12-11+,16-15+. The second-order valence-corrected chi connectivity index (χ2v) is 8.72. The van der Waals surface area contributed by atoms with Gasteiger partial charge in [0.2, 0.25) is 5.91 Å². The number of allylic oxidation sites excluding steroid dienone is 5. The summed E-state index contributed by atoms with van der Waals surface area (Å²) in [6, 6.07) is -0.818. The molecule has 1 amide bonds. The number of aliphatic hydroxyl groups excluding tert-OH is 5. The molecule has 0 radical (unpaired) electrons. The summed E-state index contributed by atoms with van der Waals surface area (Å²) in [6.07, 6.45) is 11.4. The highest BCUT2D eigenvalue weighted by Crippen LogP contribution is 2.22. The molecule has 1 aliphatic rings. The van der Waals surface area contributed by atoms with Crippen LogP contribution in [0.15, 0.2) is 36.5 Å². The Morgan fingerprint density at radius 1 is 0.943 bits per heavy atom. The van der Waals surface area contributed by atoms with Crippen LogP contribution in [0.1, 0.15) is 65.2 Å². The number of carbonyl (C=O) groups is 1. The molecule has 0 aromatic heterocycles. The van der Waals surface area contributed by atoms with E-state index in [1.165, 1.54) is 12.8 Å². The number of amides is 1. The van der Waals surface area contributed by atoms with Gasteiger partial charge in [0, 0.05) is 6.42 Å². The Morgan fingerprint density at radius 2 is 1.54 bits per heavy atom. The zero-order valence-electron chi connectivity index (χ0n) is 21.0. The van der Waals surface area contributed by atoms with Gasteiger partial charge >= 0.3 is 0 Å². The lowest BCUT2D eigenvalue weighted by atomic mass is 9.99.